The summed E-state index contributed by atoms with van der Waals surface area (Å²) >= 11 is 0. The normalized spacial score (nSPS) is 18.7. The van der Waals surface area contributed by atoms with Crippen molar-refractivity contribution in [3.63, 3.8) is 0 Å². The largest absolute Gasteiger partial charge is 0.394 e. The van der Waals surface area contributed by atoms with Crippen LogP contribution in [-0.4, -0.2) is 87.5 Å². The van der Waals surface area contributed by atoms with Gasteiger partial charge in [-0.1, -0.05) is 327 Å². The van der Waals surface area contributed by atoms with Crippen LogP contribution in [0.1, 0.15) is 354 Å². The SMILES string of the molecule is CCCCCCCCCC/C=C\CCCCCCCCCCCCCCCCCCCCCCCCCC(=O)NC(COC1OC(CO)C(O)C(O)C1O)C(O)/C=C/CCCCCCCCCCCCCCCCCCCC. The van der Waals surface area contributed by atoms with E-state index in [0.717, 1.165) is 38.5 Å². The number of rotatable bonds is 61. The number of carbonyl (C=O) groups excluding carboxylic acids is 1. The third kappa shape index (κ3) is 47.2. The highest BCUT2D eigenvalue weighted by molar-refractivity contribution is 5.76. The summed E-state index contributed by atoms with van der Waals surface area (Å²) in [7, 11) is 0. The predicted octanol–water partition coefficient (Wildman–Crippen LogP) is 18.5. The van der Waals surface area contributed by atoms with Gasteiger partial charge in [0.25, 0.3) is 0 Å². The van der Waals surface area contributed by atoms with Gasteiger partial charge in [0.2, 0.25) is 5.91 Å². The van der Waals surface area contributed by atoms with Crippen molar-refractivity contribution < 1.29 is 39.8 Å². The van der Waals surface area contributed by atoms with Gasteiger partial charge in [0, 0.05) is 6.42 Å². The molecule has 1 rings (SSSR count). The maximum Gasteiger partial charge on any atom is 0.220 e. The molecule has 0 aliphatic carbocycles. The van der Waals surface area contributed by atoms with Crippen LogP contribution in [0, 0.1) is 0 Å². The molecule has 9 nitrogen and oxygen atoms in total. The van der Waals surface area contributed by atoms with Crippen LogP contribution in [0.15, 0.2) is 24.3 Å². The fourth-order valence-corrected chi connectivity index (χ4v) is 11.3. The Morgan fingerprint density at radius 3 is 1.04 bits per heavy atom. The third-order valence-corrected chi connectivity index (χ3v) is 16.8. The maximum absolute atomic E-state index is 13.1. The summed E-state index contributed by atoms with van der Waals surface area (Å²) in [5.41, 5.74) is 0. The predicted molar refractivity (Wildman–Crippen MR) is 332 cm³/mol. The minimum absolute atomic E-state index is 0.169. The summed E-state index contributed by atoms with van der Waals surface area (Å²) in [4.78, 5) is 13.1. The Morgan fingerprint density at radius 2 is 0.718 bits per heavy atom. The first-order chi connectivity index (χ1) is 38.3. The van der Waals surface area contributed by atoms with Crippen LogP contribution in [0.2, 0.25) is 0 Å². The maximum atomic E-state index is 13.1. The van der Waals surface area contributed by atoms with Crippen molar-refractivity contribution in [3.8, 4) is 0 Å². The van der Waals surface area contributed by atoms with E-state index in [2.05, 4.69) is 31.3 Å². The van der Waals surface area contributed by atoms with Crippen molar-refractivity contribution in [3.05, 3.63) is 24.3 Å². The van der Waals surface area contributed by atoms with Crippen LogP contribution in [0.4, 0.5) is 0 Å². The summed E-state index contributed by atoms with van der Waals surface area (Å²) < 4.78 is 11.3. The minimum atomic E-state index is -1.56. The first-order valence-electron chi connectivity index (χ1n) is 34.6. The molecule has 1 saturated heterocycles. The van der Waals surface area contributed by atoms with E-state index >= 15 is 0 Å². The fourth-order valence-electron chi connectivity index (χ4n) is 11.3. The Hall–Kier alpha value is -1.33. The van der Waals surface area contributed by atoms with E-state index in [-0.39, 0.29) is 12.5 Å². The topological polar surface area (TPSA) is 149 Å². The summed E-state index contributed by atoms with van der Waals surface area (Å²) in [6.07, 6.45) is 70.0. The molecular formula is C69H133NO8. The first kappa shape index (κ1) is 74.7. The number of hydrogen-bond acceptors (Lipinski definition) is 8. The molecule has 7 unspecified atom stereocenters. The molecule has 1 amide bonds. The van der Waals surface area contributed by atoms with Crippen LogP contribution in [0.5, 0.6) is 0 Å². The Labute approximate surface area is 483 Å². The molecular weight excluding hydrogens is 971 g/mol. The smallest absolute Gasteiger partial charge is 0.220 e. The number of carbonyl (C=O) groups is 1. The lowest BCUT2D eigenvalue weighted by molar-refractivity contribution is -0.302. The highest BCUT2D eigenvalue weighted by Gasteiger charge is 2.44. The van der Waals surface area contributed by atoms with Crippen LogP contribution < -0.4 is 5.32 Å². The number of unbranched alkanes of at least 4 members (excludes halogenated alkanes) is 49. The average molecular weight is 1100 g/mol. The van der Waals surface area contributed by atoms with Crippen LogP contribution in [0.3, 0.4) is 0 Å². The molecule has 1 heterocycles. The molecule has 462 valence electrons. The molecule has 1 aliphatic rings. The first-order valence-corrected chi connectivity index (χ1v) is 34.6. The van der Waals surface area contributed by atoms with E-state index in [1.807, 2.05) is 6.08 Å². The lowest BCUT2D eigenvalue weighted by Gasteiger charge is -2.40. The standard InChI is InChI=1S/C69H133NO8/c1-3-5-7-9-11-13-15-17-19-21-23-25-26-27-28-29-30-31-32-33-34-35-36-37-38-39-41-43-45-47-49-51-53-55-57-59-65(73)70-62(61-77-69-68(76)67(75)66(74)64(60-71)78-69)63(72)58-56-54-52-50-48-46-44-42-40-24-22-20-18-16-14-12-10-8-6-4-2/h21,23,56,58,62-64,66-69,71-72,74-76H,3-20,22,24-55,57,59-61H2,1-2H3,(H,70,73)/b23-21-,58-56+. The van der Waals surface area contributed by atoms with E-state index in [9.17, 15) is 30.3 Å². The van der Waals surface area contributed by atoms with Gasteiger partial charge in [-0.25, -0.2) is 0 Å². The number of aliphatic hydroxyl groups excluding tert-OH is 5. The number of allylic oxidation sites excluding steroid dienone is 3. The van der Waals surface area contributed by atoms with E-state index in [1.54, 1.807) is 6.08 Å². The zero-order chi connectivity index (χ0) is 56.5. The van der Waals surface area contributed by atoms with Crippen LogP contribution in [0.25, 0.3) is 0 Å². The van der Waals surface area contributed by atoms with Gasteiger partial charge in [0.15, 0.2) is 6.29 Å². The van der Waals surface area contributed by atoms with E-state index in [4.69, 9.17) is 9.47 Å². The van der Waals surface area contributed by atoms with Crippen molar-refractivity contribution in [2.45, 2.75) is 397 Å². The Morgan fingerprint density at radius 1 is 0.423 bits per heavy atom. The molecule has 7 atom stereocenters. The average Bonchev–Trinajstić information content (AvgIpc) is 3.45. The Kier molecular flexibility index (Phi) is 56.3. The lowest BCUT2D eigenvalue weighted by Crippen LogP contribution is -2.60. The molecule has 1 aliphatic heterocycles. The zero-order valence-corrected chi connectivity index (χ0v) is 51.7. The minimum Gasteiger partial charge on any atom is -0.394 e. The van der Waals surface area contributed by atoms with Crippen molar-refractivity contribution in [2.75, 3.05) is 13.2 Å². The lowest BCUT2D eigenvalue weighted by atomic mass is 9.99. The molecule has 0 aromatic carbocycles. The van der Waals surface area contributed by atoms with Gasteiger partial charge >= 0.3 is 0 Å². The molecule has 0 radical (unpaired) electrons. The second-order valence-corrected chi connectivity index (χ2v) is 24.3. The molecule has 1 fully saturated rings. The Balaban J connectivity index is 2.08. The van der Waals surface area contributed by atoms with Gasteiger partial charge in [-0.15, -0.1) is 0 Å². The second kappa shape index (κ2) is 58.9. The van der Waals surface area contributed by atoms with Crippen LogP contribution >= 0.6 is 0 Å². The van der Waals surface area contributed by atoms with Crippen molar-refractivity contribution >= 4 is 5.91 Å². The molecule has 0 saturated carbocycles. The summed E-state index contributed by atoms with van der Waals surface area (Å²) in [5.74, 6) is -0.169. The van der Waals surface area contributed by atoms with Gasteiger partial charge in [-0.2, -0.15) is 0 Å². The number of amides is 1. The molecule has 6 N–H and O–H groups in total. The summed E-state index contributed by atoms with van der Waals surface area (Å²) in [5, 5.41) is 54.7. The van der Waals surface area contributed by atoms with Crippen LogP contribution in [-0.2, 0) is 14.3 Å². The van der Waals surface area contributed by atoms with Gasteiger partial charge in [-0.05, 0) is 44.9 Å². The number of ether oxygens (including phenoxy) is 2. The number of nitrogens with one attached hydrogen (secondary N) is 1. The highest BCUT2D eigenvalue weighted by atomic mass is 16.7. The van der Waals surface area contributed by atoms with Crippen molar-refractivity contribution in [1.29, 1.82) is 0 Å². The van der Waals surface area contributed by atoms with E-state index in [0.29, 0.717) is 6.42 Å². The fraction of sp³-hybridized carbons (Fsp3) is 0.928. The quantitative estimate of drug-likeness (QED) is 0.0261. The van der Waals surface area contributed by atoms with Gasteiger partial charge in [0.1, 0.15) is 24.4 Å². The molecule has 78 heavy (non-hydrogen) atoms. The van der Waals surface area contributed by atoms with E-state index < -0.39 is 49.5 Å². The molecule has 9 heteroatoms. The monoisotopic (exact) mass is 1100 g/mol. The molecule has 0 aromatic heterocycles. The Bertz CT molecular complexity index is 1280. The number of hydrogen-bond donors (Lipinski definition) is 6. The highest BCUT2D eigenvalue weighted by Crippen LogP contribution is 2.23. The summed E-state index contributed by atoms with van der Waals surface area (Å²) in [6.45, 7) is 3.83. The molecule has 0 spiro atoms. The van der Waals surface area contributed by atoms with Gasteiger partial charge in [0.05, 0.1) is 25.4 Å². The molecule has 0 bridgehead atoms. The zero-order valence-electron chi connectivity index (χ0n) is 51.7. The van der Waals surface area contributed by atoms with Crippen molar-refractivity contribution in [2.24, 2.45) is 0 Å². The van der Waals surface area contributed by atoms with Gasteiger partial charge < -0.3 is 40.3 Å². The van der Waals surface area contributed by atoms with E-state index in [1.165, 1.54) is 295 Å². The second-order valence-electron chi connectivity index (χ2n) is 24.3. The summed E-state index contributed by atoms with van der Waals surface area (Å²) in [6, 6.07) is -0.803. The molecule has 0 aromatic rings. The van der Waals surface area contributed by atoms with Gasteiger partial charge in [-0.3, -0.25) is 4.79 Å². The number of aliphatic hydroxyl groups is 5. The van der Waals surface area contributed by atoms with Crippen molar-refractivity contribution in [1.82, 2.24) is 5.32 Å². The third-order valence-electron chi connectivity index (χ3n) is 16.8.